The number of carboxylic acids is 1. The summed E-state index contributed by atoms with van der Waals surface area (Å²) in [7, 11) is 0. The normalized spacial score (nSPS) is 34.3. The Morgan fingerprint density at radius 2 is 1.92 bits per heavy atom. The highest BCUT2D eigenvalue weighted by Gasteiger charge is 2.38. The molecule has 1 saturated heterocycles. The van der Waals surface area contributed by atoms with E-state index in [0.29, 0.717) is 6.04 Å². The first-order valence-electron chi connectivity index (χ1n) is 4.26. The zero-order chi connectivity index (χ0) is 7.84. The van der Waals surface area contributed by atoms with E-state index in [1.165, 1.54) is 12.8 Å². The van der Waals surface area contributed by atoms with E-state index in [1.54, 1.807) is 0 Å². The standard InChI is InChI=1S/C8H13NO2.ClH/c10-8(11)7-4-3-6(9-7)5-1-2-5;/h5-7,9H,1-4H2,(H,10,11);1H/t6-,7-;/m0./s1. The molecule has 1 aliphatic heterocycles. The summed E-state index contributed by atoms with van der Waals surface area (Å²) >= 11 is 0. The van der Waals surface area contributed by atoms with Gasteiger partial charge in [-0.3, -0.25) is 4.79 Å². The van der Waals surface area contributed by atoms with Gasteiger partial charge in [-0.05, 0) is 31.6 Å². The van der Waals surface area contributed by atoms with E-state index in [1.807, 2.05) is 0 Å². The molecule has 2 aliphatic rings. The lowest BCUT2D eigenvalue weighted by molar-refractivity contribution is -0.139. The Morgan fingerprint density at radius 1 is 1.25 bits per heavy atom. The van der Waals surface area contributed by atoms with Gasteiger partial charge in [0.05, 0.1) is 0 Å². The van der Waals surface area contributed by atoms with Crippen LogP contribution in [0.15, 0.2) is 0 Å². The molecule has 1 saturated carbocycles. The Labute approximate surface area is 77.9 Å². The molecule has 1 heterocycles. The highest BCUT2D eigenvalue weighted by Crippen LogP contribution is 2.37. The smallest absolute Gasteiger partial charge is 0.320 e. The van der Waals surface area contributed by atoms with Crippen molar-refractivity contribution in [1.29, 1.82) is 0 Å². The first kappa shape index (κ1) is 9.81. The second-order valence-corrected chi connectivity index (χ2v) is 3.58. The number of carbonyl (C=O) groups is 1. The zero-order valence-electron chi connectivity index (χ0n) is 6.82. The van der Waals surface area contributed by atoms with E-state index in [9.17, 15) is 4.79 Å². The van der Waals surface area contributed by atoms with Crippen molar-refractivity contribution in [3.63, 3.8) is 0 Å². The summed E-state index contributed by atoms with van der Waals surface area (Å²) < 4.78 is 0. The number of halogens is 1. The highest BCUT2D eigenvalue weighted by molar-refractivity contribution is 5.85. The molecule has 0 spiro atoms. The summed E-state index contributed by atoms with van der Waals surface area (Å²) in [6.45, 7) is 0. The number of carboxylic acid groups (broad SMARTS) is 1. The van der Waals surface area contributed by atoms with Gasteiger partial charge in [0.25, 0.3) is 0 Å². The van der Waals surface area contributed by atoms with Crippen LogP contribution in [0, 0.1) is 5.92 Å². The molecule has 0 bridgehead atoms. The second-order valence-electron chi connectivity index (χ2n) is 3.58. The third kappa shape index (κ3) is 1.90. The fourth-order valence-corrected chi connectivity index (χ4v) is 1.84. The second kappa shape index (κ2) is 3.62. The molecule has 0 amide bonds. The van der Waals surface area contributed by atoms with E-state index in [0.717, 1.165) is 18.8 Å². The lowest BCUT2D eigenvalue weighted by Gasteiger charge is -2.09. The van der Waals surface area contributed by atoms with Crippen molar-refractivity contribution < 1.29 is 9.90 Å². The molecular formula is C8H14ClNO2. The summed E-state index contributed by atoms with van der Waals surface area (Å²) in [6.07, 6.45) is 4.46. The molecule has 4 heteroatoms. The fourth-order valence-electron chi connectivity index (χ4n) is 1.84. The van der Waals surface area contributed by atoms with Crippen LogP contribution < -0.4 is 5.32 Å². The summed E-state index contributed by atoms with van der Waals surface area (Å²) in [5.74, 6) is 0.104. The predicted molar refractivity (Wildman–Crippen MR) is 47.6 cm³/mol. The molecule has 0 aromatic rings. The van der Waals surface area contributed by atoms with Gasteiger partial charge in [-0.25, -0.2) is 0 Å². The van der Waals surface area contributed by atoms with E-state index >= 15 is 0 Å². The maximum atomic E-state index is 10.5. The summed E-state index contributed by atoms with van der Waals surface area (Å²) in [5.41, 5.74) is 0. The molecular weight excluding hydrogens is 178 g/mol. The van der Waals surface area contributed by atoms with Crippen molar-refractivity contribution in [1.82, 2.24) is 5.32 Å². The Kier molecular flexibility index (Phi) is 2.96. The van der Waals surface area contributed by atoms with Gasteiger partial charge < -0.3 is 10.4 Å². The molecule has 3 nitrogen and oxygen atoms in total. The highest BCUT2D eigenvalue weighted by atomic mass is 35.5. The number of aliphatic carboxylic acids is 1. The molecule has 0 aromatic heterocycles. The van der Waals surface area contributed by atoms with Gasteiger partial charge in [0.1, 0.15) is 6.04 Å². The molecule has 2 fully saturated rings. The number of nitrogens with one attached hydrogen (secondary N) is 1. The molecule has 0 unspecified atom stereocenters. The van der Waals surface area contributed by atoms with Gasteiger partial charge >= 0.3 is 5.97 Å². The molecule has 0 radical (unpaired) electrons. The van der Waals surface area contributed by atoms with E-state index in [2.05, 4.69) is 5.32 Å². The average Bonchev–Trinajstić information content (AvgIpc) is 2.68. The van der Waals surface area contributed by atoms with Crippen LogP contribution in [0.5, 0.6) is 0 Å². The third-order valence-electron chi connectivity index (χ3n) is 2.67. The van der Waals surface area contributed by atoms with E-state index < -0.39 is 5.97 Å². The van der Waals surface area contributed by atoms with Crippen molar-refractivity contribution in [3.05, 3.63) is 0 Å². The Hall–Kier alpha value is -0.280. The summed E-state index contributed by atoms with van der Waals surface area (Å²) in [6, 6.07) is 0.247. The van der Waals surface area contributed by atoms with Crippen LogP contribution in [-0.4, -0.2) is 23.2 Å². The van der Waals surface area contributed by atoms with Gasteiger partial charge in [-0.1, -0.05) is 0 Å². The number of rotatable bonds is 2. The van der Waals surface area contributed by atoms with Gasteiger partial charge in [0, 0.05) is 6.04 Å². The van der Waals surface area contributed by atoms with Crippen LogP contribution in [0.25, 0.3) is 0 Å². The summed E-state index contributed by atoms with van der Waals surface area (Å²) in [5, 5.41) is 11.8. The quantitative estimate of drug-likeness (QED) is 0.686. The lowest BCUT2D eigenvalue weighted by Crippen LogP contribution is -2.36. The van der Waals surface area contributed by atoms with Crippen molar-refractivity contribution in [2.75, 3.05) is 0 Å². The maximum absolute atomic E-state index is 10.5. The molecule has 2 N–H and O–H groups in total. The van der Waals surface area contributed by atoms with E-state index in [4.69, 9.17) is 5.11 Å². The number of hydrogen-bond acceptors (Lipinski definition) is 2. The average molecular weight is 192 g/mol. The number of hydrogen-bond donors (Lipinski definition) is 2. The Bertz CT molecular complexity index is 182. The van der Waals surface area contributed by atoms with Crippen LogP contribution >= 0.6 is 12.4 Å². The van der Waals surface area contributed by atoms with Gasteiger partial charge in [-0.15, -0.1) is 12.4 Å². The predicted octanol–water partition coefficient (Wildman–Crippen LogP) is 1.02. The third-order valence-corrected chi connectivity index (χ3v) is 2.67. The minimum absolute atomic E-state index is 0. The SMILES string of the molecule is Cl.O=C(O)[C@@H]1CC[C@@H](C2CC2)N1. The van der Waals surface area contributed by atoms with Gasteiger partial charge in [0.2, 0.25) is 0 Å². The Balaban J connectivity index is 0.000000720. The van der Waals surface area contributed by atoms with Crippen LogP contribution in [0.1, 0.15) is 25.7 Å². The topological polar surface area (TPSA) is 49.3 Å². The maximum Gasteiger partial charge on any atom is 0.320 e. The van der Waals surface area contributed by atoms with Crippen LogP contribution in [0.3, 0.4) is 0 Å². The Morgan fingerprint density at radius 3 is 2.33 bits per heavy atom. The summed E-state index contributed by atoms with van der Waals surface area (Å²) in [4.78, 5) is 10.5. The molecule has 70 valence electrons. The van der Waals surface area contributed by atoms with Crippen molar-refractivity contribution in [2.45, 2.75) is 37.8 Å². The van der Waals surface area contributed by atoms with Gasteiger partial charge in [-0.2, -0.15) is 0 Å². The minimum atomic E-state index is -0.687. The molecule has 2 rings (SSSR count). The van der Waals surface area contributed by atoms with Crippen molar-refractivity contribution in [2.24, 2.45) is 5.92 Å². The fraction of sp³-hybridized carbons (Fsp3) is 0.875. The lowest BCUT2D eigenvalue weighted by atomic mass is 10.1. The molecule has 0 aromatic carbocycles. The van der Waals surface area contributed by atoms with E-state index in [-0.39, 0.29) is 18.4 Å². The zero-order valence-corrected chi connectivity index (χ0v) is 7.64. The van der Waals surface area contributed by atoms with Crippen LogP contribution in [0.4, 0.5) is 0 Å². The first-order valence-corrected chi connectivity index (χ1v) is 4.26. The molecule has 12 heavy (non-hydrogen) atoms. The molecule has 2 atom stereocenters. The first-order chi connectivity index (χ1) is 5.27. The van der Waals surface area contributed by atoms with Crippen molar-refractivity contribution in [3.8, 4) is 0 Å². The van der Waals surface area contributed by atoms with Crippen molar-refractivity contribution >= 4 is 18.4 Å². The van der Waals surface area contributed by atoms with Crippen LogP contribution in [-0.2, 0) is 4.79 Å². The van der Waals surface area contributed by atoms with Crippen LogP contribution in [0.2, 0.25) is 0 Å². The minimum Gasteiger partial charge on any atom is -0.480 e. The molecule has 1 aliphatic carbocycles. The largest absolute Gasteiger partial charge is 0.480 e. The monoisotopic (exact) mass is 191 g/mol. The van der Waals surface area contributed by atoms with Gasteiger partial charge in [0.15, 0.2) is 0 Å².